The van der Waals surface area contributed by atoms with Crippen molar-refractivity contribution in [2.24, 2.45) is 0 Å². The highest BCUT2D eigenvalue weighted by atomic mass is 16.6. The minimum atomic E-state index is -0.536. The molecule has 1 aromatic heterocycles. The Labute approximate surface area is 144 Å². The summed E-state index contributed by atoms with van der Waals surface area (Å²) < 4.78 is 7.18. The average Bonchev–Trinajstić information content (AvgIpc) is 2.80. The minimum Gasteiger partial charge on any atom is -0.459 e. The van der Waals surface area contributed by atoms with Gasteiger partial charge in [-0.3, -0.25) is 14.3 Å². The zero-order valence-electron chi connectivity index (χ0n) is 15.4. The molecular weight excluding hydrogens is 306 g/mol. The second-order valence-corrected chi connectivity index (χ2v) is 7.68. The van der Waals surface area contributed by atoms with E-state index >= 15 is 0 Å². The van der Waals surface area contributed by atoms with Crippen LogP contribution < -0.4 is 0 Å². The first-order valence-electron chi connectivity index (χ1n) is 8.69. The van der Waals surface area contributed by atoms with Crippen LogP contribution in [0.4, 0.5) is 0 Å². The van der Waals surface area contributed by atoms with Gasteiger partial charge in [0, 0.05) is 18.7 Å². The number of aryl methyl sites for hydroxylation is 1. The lowest BCUT2D eigenvalue weighted by Crippen LogP contribution is -2.48. The van der Waals surface area contributed by atoms with E-state index in [-0.39, 0.29) is 30.5 Å². The highest BCUT2D eigenvalue weighted by Gasteiger charge is 2.32. The second-order valence-electron chi connectivity index (χ2n) is 7.68. The molecule has 0 aliphatic heterocycles. The molecule has 6 nitrogen and oxygen atoms in total. The van der Waals surface area contributed by atoms with Gasteiger partial charge in [0.1, 0.15) is 12.1 Å². The summed E-state index contributed by atoms with van der Waals surface area (Å²) in [6.45, 7) is 9.43. The lowest BCUT2D eigenvalue weighted by molar-refractivity contribution is -0.161. The number of carbonyl (C=O) groups is 2. The third kappa shape index (κ3) is 5.08. The fraction of sp³-hybridized carbons (Fsp3) is 0.722. The van der Waals surface area contributed by atoms with Gasteiger partial charge in [-0.2, -0.15) is 5.10 Å². The van der Waals surface area contributed by atoms with Crippen molar-refractivity contribution in [2.45, 2.75) is 78.0 Å². The second kappa shape index (κ2) is 7.36. The molecule has 0 spiro atoms. The van der Waals surface area contributed by atoms with E-state index in [4.69, 9.17) is 4.74 Å². The van der Waals surface area contributed by atoms with Crippen LogP contribution >= 0.6 is 0 Å². The van der Waals surface area contributed by atoms with E-state index < -0.39 is 5.60 Å². The predicted octanol–water partition coefficient (Wildman–Crippen LogP) is 2.87. The van der Waals surface area contributed by atoms with Gasteiger partial charge in [-0.1, -0.05) is 0 Å². The molecule has 1 fully saturated rings. The molecule has 0 aromatic carbocycles. The number of aromatic nitrogens is 2. The molecule has 1 aliphatic carbocycles. The maximum atomic E-state index is 12.7. The molecule has 1 amide bonds. The molecule has 2 rings (SSSR count). The Morgan fingerprint density at radius 2 is 2.08 bits per heavy atom. The number of esters is 1. The van der Waals surface area contributed by atoms with Crippen LogP contribution in [0, 0.1) is 6.92 Å². The maximum Gasteiger partial charge on any atom is 0.326 e. The van der Waals surface area contributed by atoms with Crippen molar-refractivity contribution in [1.29, 1.82) is 0 Å². The summed E-state index contributed by atoms with van der Waals surface area (Å²) in [6.07, 6.45) is 5.25. The fourth-order valence-corrected chi connectivity index (χ4v) is 2.77. The summed E-state index contributed by atoms with van der Waals surface area (Å²) in [4.78, 5) is 26.6. The SMILES string of the molecule is Cc1ccn(C(C)CC(=O)N(CC(=O)OC(C)(C)C)C2CCC2)n1. The molecule has 0 radical (unpaired) electrons. The van der Waals surface area contributed by atoms with E-state index in [1.807, 2.05) is 46.9 Å². The van der Waals surface area contributed by atoms with Crippen LogP contribution in [0.1, 0.15) is 65.1 Å². The molecule has 24 heavy (non-hydrogen) atoms. The van der Waals surface area contributed by atoms with E-state index in [2.05, 4.69) is 5.10 Å². The molecule has 0 saturated heterocycles. The molecule has 1 unspecified atom stereocenters. The molecule has 1 saturated carbocycles. The van der Waals surface area contributed by atoms with Crippen LogP contribution in [0.15, 0.2) is 12.3 Å². The monoisotopic (exact) mass is 335 g/mol. The average molecular weight is 335 g/mol. The smallest absolute Gasteiger partial charge is 0.326 e. The summed E-state index contributed by atoms with van der Waals surface area (Å²) >= 11 is 0. The van der Waals surface area contributed by atoms with Crippen molar-refractivity contribution in [3.8, 4) is 0 Å². The summed E-state index contributed by atoms with van der Waals surface area (Å²) in [5.74, 6) is -0.350. The van der Waals surface area contributed by atoms with Crippen molar-refractivity contribution in [3.05, 3.63) is 18.0 Å². The Kier molecular flexibility index (Phi) is 5.67. The Balaban J connectivity index is 1.99. The van der Waals surface area contributed by atoms with E-state index in [1.165, 1.54) is 0 Å². The van der Waals surface area contributed by atoms with E-state index in [9.17, 15) is 9.59 Å². The standard InChI is InChI=1S/C18H29N3O3/c1-13-9-10-21(19-13)14(2)11-16(22)20(15-7-6-8-15)12-17(23)24-18(3,4)5/h9-10,14-15H,6-8,11-12H2,1-5H3. The van der Waals surface area contributed by atoms with Crippen molar-refractivity contribution in [1.82, 2.24) is 14.7 Å². The van der Waals surface area contributed by atoms with Gasteiger partial charge >= 0.3 is 5.97 Å². The number of carbonyl (C=O) groups excluding carboxylic acids is 2. The van der Waals surface area contributed by atoms with Crippen molar-refractivity contribution in [3.63, 3.8) is 0 Å². The number of amides is 1. The third-order valence-electron chi connectivity index (χ3n) is 4.22. The molecule has 1 atom stereocenters. The van der Waals surface area contributed by atoms with Crippen molar-refractivity contribution in [2.75, 3.05) is 6.54 Å². The van der Waals surface area contributed by atoms with E-state index in [0.29, 0.717) is 6.42 Å². The molecular formula is C18H29N3O3. The van der Waals surface area contributed by atoms with Crippen LogP contribution in [-0.4, -0.2) is 44.7 Å². The molecule has 6 heteroatoms. The Morgan fingerprint density at radius 3 is 2.54 bits per heavy atom. The van der Waals surface area contributed by atoms with Gasteiger partial charge in [0.05, 0.1) is 11.7 Å². The fourth-order valence-electron chi connectivity index (χ4n) is 2.77. The third-order valence-corrected chi connectivity index (χ3v) is 4.22. The number of hydrogen-bond acceptors (Lipinski definition) is 4. The van der Waals surface area contributed by atoms with Gasteiger partial charge in [0.2, 0.25) is 5.91 Å². The van der Waals surface area contributed by atoms with Gasteiger partial charge in [-0.05, 0) is 59.9 Å². The Bertz CT molecular complexity index is 585. The summed E-state index contributed by atoms with van der Waals surface area (Å²) in [6, 6.07) is 2.05. The minimum absolute atomic E-state index is 0.00814. The number of nitrogens with zero attached hydrogens (tertiary/aromatic N) is 3. The van der Waals surface area contributed by atoms with Gasteiger partial charge in [0.15, 0.2) is 0 Å². The Hall–Kier alpha value is -1.85. The largest absolute Gasteiger partial charge is 0.459 e. The maximum absolute atomic E-state index is 12.7. The quantitative estimate of drug-likeness (QED) is 0.750. The van der Waals surface area contributed by atoms with Crippen LogP contribution in [0.2, 0.25) is 0 Å². The predicted molar refractivity (Wildman–Crippen MR) is 91.5 cm³/mol. The molecule has 1 heterocycles. The number of rotatable bonds is 6. The van der Waals surface area contributed by atoms with Gasteiger partial charge in [-0.25, -0.2) is 0 Å². The van der Waals surface area contributed by atoms with Crippen molar-refractivity contribution < 1.29 is 14.3 Å². The number of hydrogen-bond donors (Lipinski definition) is 0. The van der Waals surface area contributed by atoms with Crippen LogP contribution in [0.3, 0.4) is 0 Å². The first-order valence-corrected chi connectivity index (χ1v) is 8.69. The Morgan fingerprint density at radius 1 is 1.42 bits per heavy atom. The number of ether oxygens (including phenoxy) is 1. The zero-order valence-corrected chi connectivity index (χ0v) is 15.4. The first kappa shape index (κ1) is 18.5. The van der Waals surface area contributed by atoms with E-state index in [0.717, 1.165) is 25.0 Å². The van der Waals surface area contributed by atoms with Crippen LogP contribution in [-0.2, 0) is 14.3 Å². The molecule has 0 N–H and O–H groups in total. The highest BCUT2D eigenvalue weighted by molar-refractivity contribution is 5.82. The lowest BCUT2D eigenvalue weighted by atomic mass is 9.91. The zero-order chi connectivity index (χ0) is 17.9. The molecule has 1 aromatic rings. The van der Waals surface area contributed by atoms with Gasteiger partial charge in [-0.15, -0.1) is 0 Å². The first-order chi connectivity index (χ1) is 11.2. The van der Waals surface area contributed by atoms with Crippen LogP contribution in [0.5, 0.6) is 0 Å². The van der Waals surface area contributed by atoms with Crippen LogP contribution in [0.25, 0.3) is 0 Å². The highest BCUT2D eigenvalue weighted by Crippen LogP contribution is 2.26. The summed E-state index contributed by atoms with van der Waals surface area (Å²) in [5, 5.41) is 4.37. The molecule has 134 valence electrons. The van der Waals surface area contributed by atoms with E-state index in [1.54, 1.807) is 9.58 Å². The normalized spacial score (nSPS) is 16.4. The van der Waals surface area contributed by atoms with Gasteiger partial charge in [0.25, 0.3) is 0 Å². The lowest BCUT2D eigenvalue weighted by Gasteiger charge is -2.38. The van der Waals surface area contributed by atoms with Crippen molar-refractivity contribution >= 4 is 11.9 Å². The summed E-state index contributed by atoms with van der Waals surface area (Å²) in [5.41, 5.74) is 0.393. The topological polar surface area (TPSA) is 64.4 Å². The molecule has 0 bridgehead atoms. The van der Waals surface area contributed by atoms with Gasteiger partial charge < -0.3 is 9.64 Å². The molecule has 1 aliphatic rings. The summed E-state index contributed by atoms with van der Waals surface area (Å²) in [7, 11) is 0.